The van der Waals surface area contributed by atoms with Crippen LogP contribution in [0.25, 0.3) is 0 Å². The number of hydrogen-bond acceptors (Lipinski definition) is 4. The van der Waals surface area contributed by atoms with Crippen molar-refractivity contribution in [2.24, 2.45) is 10.1 Å². The number of aromatic hydroxyl groups is 1. The van der Waals surface area contributed by atoms with Crippen LogP contribution in [0.15, 0.2) is 82.9 Å². The summed E-state index contributed by atoms with van der Waals surface area (Å²) in [5.41, 5.74) is 5.46. The normalized spacial score (nSPS) is 11.1. The lowest BCUT2D eigenvalue weighted by Crippen LogP contribution is -2.17. The van der Waals surface area contributed by atoms with Crippen molar-refractivity contribution >= 4 is 35.6 Å². The van der Waals surface area contributed by atoms with Gasteiger partial charge in [0.25, 0.3) is 5.91 Å². The van der Waals surface area contributed by atoms with Crippen LogP contribution in [0.4, 0.5) is 5.69 Å². The molecule has 3 aromatic carbocycles. The predicted molar refractivity (Wildman–Crippen MR) is 108 cm³/mol. The maximum absolute atomic E-state index is 11.9. The Balaban J connectivity index is 1.56. The molecule has 3 rings (SSSR count). The summed E-state index contributed by atoms with van der Waals surface area (Å²) in [5.74, 6) is -0.243. The number of benzene rings is 3. The summed E-state index contributed by atoms with van der Waals surface area (Å²) in [6.45, 7) is 0. The summed E-state index contributed by atoms with van der Waals surface area (Å²) in [4.78, 5) is 16.3. The molecule has 0 atom stereocenters. The van der Waals surface area contributed by atoms with Crippen LogP contribution in [0, 0.1) is 0 Å². The van der Waals surface area contributed by atoms with Crippen molar-refractivity contribution in [3.8, 4) is 5.75 Å². The Morgan fingerprint density at radius 3 is 2.07 bits per heavy atom. The van der Waals surface area contributed by atoms with Crippen LogP contribution >= 0.6 is 11.6 Å². The molecule has 0 spiro atoms. The maximum atomic E-state index is 11.9. The van der Waals surface area contributed by atoms with Gasteiger partial charge in [-0.1, -0.05) is 35.9 Å². The molecule has 0 bridgehead atoms. The monoisotopic (exact) mass is 377 g/mol. The van der Waals surface area contributed by atoms with E-state index in [1.807, 2.05) is 36.4 Å². The van der Waals surface area contributed by atoms with Crippen molar-refractivity contribution in [3.63, 3.8) is 0 Å². The third-order valence-corrected chi connectivity index (χ3v) is 3.89. The van der Waals surface area contributed by atoms with Crippen molar-refractivity contribution in [2.45, 2.75) is 0 Å². The van der Waals surface area contributed by atoms with E-state index in [1.165, 1.54) is 24.3 Å². The van der Waals surface area contributed by atoms with E-state index >= 15 is 0 Å². The summed E-state index contributed by atoms with van der Waals surface area (Å²) in [6, 6.07) is 20.8. The number of halogens is 1. The summed E-state index contributed by atoms with van der Waals surface area (Å²) in [7, 11) is 0. The van der Waals surface area contributed by atoms with Crippen LogP contribution in [0.1, 0.15) is 21.5 Å². The molecule has 0 aliphatic carbocycles. The van der Waals surface area contributed by atoms with Gasteiger partial charge in [0, 0.05) is 16.8 Å². The molecule has 134 valence electrons. The molecule has 6 heteroatoms. The summed E-state index contributed by atoms with van der Waals surface area (Å²) in [6.07, 6.45) is 3.31. The fourth-order valence-electron chi connectivity index (χ4n) is 2.19. The minimum Gasteiger partial charge on any atom is -0.508 e. The molecule has 0 saturated heterocycles. The third kappa shape index (κ3) is 5.52. The smallest absolute Gasteiger partial charge is 0.271 e. The summed E-state index contributed by atoms with van der Waals surface area (Å²) in [5, 5.41) is 13.8. The molecule has 0 aliphatic heterocycles. The zero-order valence-corrected chi connectivity index (χ0v) is 15.0. The van der Waals surface area contributed by atoms with Gasteiger partial charge in [0.15, 0.2) is 0 Å². The van der Waals surface area contributed by atoms with Gasteiger partial charge in [-0.3, -0.25) is 9.79 Å². The van der Waals surface area contributed by atoms with Gasteiger partial charge in [0.05, 0.1) is 11.9 Å². The van der Waals surface area contributed by atoms with E-state index in [4.69, 9.17) is 11.6 Å². The van der Waals surface area contributed by atoms with E-state index in [-0.39, 0.29) is 11.7 Å². The molecule has 3 aromatic rings. The van der Waals surface area contributed by atoms with Gasteiger partial charge in [-0.25, -0.2) is 5.43 Å². The van der Waals surface area contributed by atoms with E-state index in [1.54, 1.807) is 24.6 Å². The van der Waals surface area contributed by atoms with Crippen LogP contribution < -0.4 is 5.43 Å². The zero-order chi connectivity index (χ0) is 19.1. The lowest BCUT2D eigenvalue weighted by atomic mass is 10.1. The average molecular weight is 378 g/mol. The molecule has 0 radical (unpaired) electrons. The lowest BCUT2D eigenvalue weighted by Gasteiger charge is -2.00. The summed E-state index contributed by atoms with van der Waals surface area (Å²) >= 11 is 5.85. The van der Waals surface area contributed by atoms with Crippen molar-refractivity contribution < 1.29 is 9.90 Å². The Morgan fingerprint density at radius 2 is 1.44 bits per heavy atom. The van der Waals surface area contributed by atoms with Crippen LogP contribution in [0.5, 0.6) is 5.75 Å². The van der Waals surface area contributed by atoms with Gasteiger partial charge >= 0.3 is 0 Å². The van der Waals surface area contributed by atoms with Crippen LogP contribution in [-0.2, 0) is 0 Å². The Bertz CT molecular complexity index is 964. The van der Waals surface area contributed by atoms with Gasteiger partial charge in [-0.05, 0) is 59.7 Å². The van der Waals surface area contributed by atoms with Gasteiger partial charge in [-0.15, -0.1) is 0 Å². The molecular weight excluding hydrogens is 362 g/mol. The number of nitrogens with zero attached hydrogens (tertiary/aromatic N) is 2. The van der Waals surface area contributed by atoms with Crippen molar-refractivity contribution in [1.29, 1.82) is 0 Å². The second-order valence-corrected chi connectivity index (χ2v) is 6.08. The molecule has 0 heterocycles. The number of nitrogens with one attached hydrogen (secondary N) is 1. The first kappa shape index (κ1) is 18.4. The van der Waals surface area contributed by atoms with Crippen LogP contribution in [-0.4, -0.2) is 23.4 Å². The number of carbonyl (C=O) groups excluding carboxylic acids is 1. The molecule has 0 fully saturated rings. The standard InChI is InChI=1S/C21H16ClN3O2/c22-18-7-9-19(10-8-18)23-13-15-1-3-16(4-2-15)14-24-25-21(27)17-5-11-20(26)12-6-17/h1-14,26H,(H,25,27). The molecule has 0 aromatic heterocycles. The number of phenolic OH excluding ortho intramolecular Hbond substituents is 1. The quantitative estimate of drug-likeness (QED) is 0.505. The number of aliphatic imine (C=N–C) groups is 1. The predicted octanol–water partition coefficient (Wildman–Crippen LogP) is 4.56. The van der Waals surface area contributed by atoms with Gasteiger partial charge < -0.3 is 5.11 Å². The Hall–Kier alpha value is -3.44. The second kappa shape index (κ2) is 8.78. The minimum absolute atomic E-state index is 0.106. The van der Waals surface area contributed by atoms with Crippen LogP contribution in [0.3, 0.4) is 0 Å². The van der Waals surface area contributed by atoms with Crippen molar-refractivity contribution in [3.05, 3.63) is 94.5 Å². The number of rotatable bonds is 5. The van der Waals surface area contributed by atoms with E-state index in [2.05, 4.69) is 15.5 Å². The molecule has 0 unspecified atom stereocenters. The highest BCUT2D eigenvalue weighted by atomic mass is 35.5. The molecule has 0 aliphatic rings. The molecule has 2 N–H and O–H groups in total. The molecule has 1 amide bonds. The number of carbonyl (C=O) groups is 1. The maximum Gasteiger partial charge on any atom is 0.271 e. The third-order valence-electron chi connectivity index (χ3n) is 3.63. The average Bonchev–Trinajstić information content (AvgIpc) is 2.69. The molecule has 5 nitrogen and oxygen atoms in total. The number of hydrogen-bond donors (Lipinski definition) is 2. The topological polar surface area (TPSA) is 74.0 Å². The van der Waals surface area contributed by atoms with E-state index in [0.29, 0.717) is 10.6 Å². The summed E-state index contributed by atoms with van der Waals surface area (Å²) < 4.78 is 0. The highest BCUT2D eigenvalue weighted by molar-refractivity contribution is 6.30. The van der Waals surface area contributed by atoms with Crippen LogP contribution in [0.2, 0.25) is 5.02 Å². The fraction of sp³-hybridized carbons (Fsp3) is 0. The Kier molecular flexibility index (Phi) is 5.97. The SMILES string of the molecule is O=C(NN=Cc1ccc(C=Nc2ccc(Cl)cc2)cc1)c1ccc(O)cc1. The molecule has 27 heavy (non-hydrogen) atoms. The number of hydrazone groups is 1. The lowest BCUT2D eigenvalue weighted by molar-refractivity contribution is 0.0955. The molecular formula is C21H16ClN3O2. The largest absolute Gasteiger partial charge is 0.508 e. The number of phenols is 1. The Labute approximate surface area is 161 Å². The van der Waals surface area contributed by atoms with Gasteiger partial charge in [-0.2, -0.15) is 5.10 Å². The van der Waals surface area contributed by atoms with E-state index in [9.17, 15) is 9.90 Å². The number of amides is 1. The van der Waals surface area contributed by atoms with Crippen molar-refractivity contribution in [1.82, 2.24) is 5.43 Å². The Morgan fingerprint density at radius 1 is 0.852 bits per heavy atom. The first-order valence-electron chi connectivity index (χ1n) is 8.12. The minimum atomic E-state index is -0.349. The first-order valence-corrected chi connectivity index (χ1v) is 8.50. The van der Waals surface area contributed by atoms with Gasteiger partial charge in [0.1, 0.15) is 5.75 Å². The fourth-order valence-corrected chi connectivity index (χ4v) is 2.31. The van der Waals surface area contributed by atoms with E-state index in [0.717, 1.165) is 16.8 Å². The van der Waals surface area contributed by atoms with Gasteiger partial charge in [0.2, 0.25) is 0 Å². The molecule has 0 saturated carbocycles. The second-order valence-electron chi connectivity index (χ2n) is 5.65. The van der Waals surface area contributed by atoms with Crippen molar-refractivity contribution in [2.75, 3.05) is 0 Å². The first-order chi connectivity index (χ1) is 13.1. The zero-order valence-electron chi connectivity index (χ0n) is 14.2. The highest BCUT2D eigenvalue weighted by Crippen LogP contribution is 2.16. The highest BCUT2D eigenvalue weighted by Gasteiger charge is 2.03. The van der Waals surface area contributed by atoms with E-state index < -0.39 is 0 Å².